The molecule has 0 amide bonds. The molecule has 3 heteroatoms. The molecule has 1 aliphatic carbocycles. The summed E-state index contributed by atoms with van der Waals surface area (Å²) in [6, 6.07) is 0. The lowest BCUT2D eigenvalue weighted by Crippen LogP contribution is -2.41. The van der Waals surface area contributed by atoms with Gasteiger partial charge in [-0.1, -0.05) is 0 Å². The monoisotopic (exact) mass is 170 g/mol. The van der Waals surface area contributed by atoms with Gasteiger partial charge in [0.25, 0.3) is 0 Å². The van der Waals surface area contributed by atoms with Gasteiger partial charge in [0, 0.05) is 12.1 Å². The van der Waals surface area contributed by atoms with Crippen LogP contribution in [0.2, 0.25) is 0 Å². The minimum atomic E-state index is 0.266. The molecule has 0 aromatic carbocycles. The second kappa shape index (κ2) is 3.32. The largest absolute Gasteiger partial charge is 0.395 e. The van der Waals surface area contributed by atoms with Crippen LogP contribution in [-0.2, 0) is 0 Å². The van der Waals surface area contributed by atoms with Crippen molar-refractivity contribution >= 4 is 0 Å². The summed E-state index contributed by atoms with van der Waals surface area (Å²) in [4.78, 5) is 0. The minimum Gasteiger partial charge on any atom is -0.395 e. The maximum absolute atomic E-state index is 8.72. The van der Waals surface area contributed by atoms with Crippen LogP contribution in [0.4, 0.5) is 0 Å². The van der Waals surface area contributed by atoms with E-state index >= 15 is 0 Å². The smallest absolute Gasteiger partial charge is 0.0556 e. The van der Waals surface area contributed by atoms with Gasteiger partial charge in [-0.15, -0.1) is 0 Å². The van der Waals surface area contributed by atoms with E-state index in [1.54, 1.807) is 0 Å². The summed E-state index contributed by atoms with van der Waals surface area (Å²) in [7, 11) is 0. The van der Waals surface area contributed by atoms with Gasteiger partial charge in [0.1, 0.15) is 0 Å². The first kappa shape index (κ1) is 8.48. The Morgan fingerprint density at radius 2 is 2.33 bits per heavy atom. The van der Waals surface area contributed by atoms with Crippen LogP contribution in [0, 0.1) is 5.92 Å². The maximum Gasteiger partial charge on any atom is 0.0556 e. The molecule has 1 atom stereocenters. The minimum absolute atomic E-state index is 0.266. The molecule has 0 radical (unpaired) electrons. The lowest BCUT2D eigenvalue weighted by atomic mass is 9.96. The topological polar surface area (TPSA) is 44.3 Å². The summed E-state index contributed by atoms with van der Waals surface area (Å²) in [5.41, 5.74) is 0.409. The Hall–Kier alpha value is -0.120. The summed E-state index contributed by atoms with van der Waals surface area (Å²) in [6.07, 6.45) is 3.91. The Balaban J connectivity index is 1.83. The predicted octanol–water partition coefficient (Wildman–Crippen LogP) is -0.290. The number of β-amino-alcohol motifs (C(OH)–C–C–N with tert-alkyl or cyclic N) is 1. The molecule has 1 saturated heterocycles. The lowest BCUT2D eigenvalue weighted by Gasteiger charge is -2.23. The SMILES string of the molecule is OCCNC1([C@@H]2CCNC2)CC1. The summed E-state index contributed by atoms with van der Waals surface area (Å²) < 4.78 is 0. The molecule has 3 N–H and O–H groups in total. The summed E-state index contributed by atoms with van der Waals surface area (Å²) in [6.45, 7) is 3.37. The molecular weight excluding hydrogens is 152 g/mol. The van der Waals surface area contributed by atoms with Gasteiger partial charge >= 0.3 is 0 Å². The number of aliphatic hydroxyl groups is 1. The van der Waals surface area contributed by atoms with E-state index in [0.717, 1.165) is 12.5 Å². The first-order valence-electron chi connectivity index (χ1n) is 4.94. The molecule has 0 aromatic heterocycles. The van der Waals surface area contributed by atoms with Gasteiger partial charge in [-0.05, 0) is 38.3 Å². The highest BCUT2D eigenvalue weighted by Crippen LogP contribution is 2.44. The van der Waals surface area contributed by atoms with E-state index < -0.39 is 0 Å². The van der Waals surface area contributed by atoms with Crippen LogP contribution in [0.5, 0.6) is 0 Å². The van der Waals surface area contributed by atoms with E-state index in [0.29, 0.717) is 5.54 Å². The van der Waals surface area contributed by atoms with Crippen molar-refractivity contribution in [3.05, 3.63) is 0 Å². The molecule has 0 aromatic rings. The normalized spacial score (nSPS) is 32.2. The van der Waals surface area contributed by atoms with Crippen LogP contribution in [-0.4, -0.2) is 36.9 Å². The molecule has 2 rings (SSSR count). The van der Waals surface area contributed by atoms with Crippen LogP contribution in [0.3, 0.4) is 0 Å². The molecule has 3 nitrogen and oxygen atoms in total. The molecular formula is C9H18N2O. The van der Waals surface area contributed by atoms with E-state index in [1.165, 1.54) is 32.4 Å². The zero-order valence-corrected chi connectivity index (χ0v) is 7.47. The summed E-state index contributed by atoms with van der Waals surface area (Å²) in [5, 5.41) is 15.6. The van der Waals surface area contributed by atoms with Crippen molar-refractivity contribution in [3.63, 3.8) is 0 Å². The molecule has 0 spiro atoms. The van der Waals surface area contributed by atoms with E-state index in [2.05, 4.69) is 10.6 Å². The van der Waals surface area contributed by atoms with Gasteiger partial charge < -0.3 is 15.7 Å². The average Bonchev–Trinajstić information content (AvgIpc) is 2.66. The summed E-state index contributed by atoms with van der Waals surface area (Å²) >= 11 is 0. The Labute approximate surface area is 73.5 Å². The second-order valence-electron chi connectivity index (χ2n) is 4.00. The lowest BCUT2D eigenvalue weighted by molar-refractivity contribution is 0.263. The fraction of sp³-hybridized carbons (Fsp3) is 1.00. The highest BCUT2D eigenvalue weighted by Gasteiger charge is 2.49. The Morgan fingerprint density at radius 3 is 2.83 bits per heavy atom. The van der Waals surface area contributed by atoms with Gasteiger partial charge in [-0.25, -0.2) is 0 Å². The number of hydrogen-bond donors (Lipinski definition) is 3. The van der Waals surface area contributed by atoms with E-state index in [9.17, 15) is 0 Å². The van der Waals surface area contributed by atoms with Crippen molar-refractivity contribution in [3.8, 4) is 0 Å². The average molecular weight is 170 g/mol. The van der Waals surface area contributed by atoms with Gasteiger partial charge in [-0.2, -0.15) is 0 Å². The van der Waals surface area contributed by atoms with Gasteiger partial charge in [-0.3, -0.25) is 0 Å². The van der Waals surface area contributed by atoms with Crippen molar-refractivity contribution in [2.75, 3.05) is 26.2 Å². The van der Waals surface area contributed by atoms with Crippen molar-refractivity contribution in [1.82, 2.24) is 10.6 Å². The number of aliphatic hydroxyl groups excluding tert-OH is 1. The standard InChI is InChI=1S/C9H18N2O/c12-6-5-11-9(2-3-9)8-1-4-10-7-8/h8,10-12H,1-7H2/t8-/m1/s1. The zero-order chi connectivity index (χ0) is 8.44. The molecule has 2 fully saturated rings. The molecule has 1 aliphatic heterocycles. The first-order chi connectivity index (χ1) is 5.87. The number of rotatable bonds is 4. The van der Waals surface area contributed by atoms with Crippen molar-refractivity contribution in [2.24, 2.45) is 5.92 Å². The van der Waals surface area contributed by atoms with Gasteiger partial charge in [0.2, 0.25) is 0 Å². The van der Waals surface area contributed by atoms with Gasteiger partial charge in [0.05, 0.1) is 6.61 Å². The van der Waals surface area contributed by atoms with Crippen molar-refractivity contribution < 1.29 is 5.11 Å². The molecule has 0 unspecified atom stereocenters. The first-order valence-corrected chi connectivity index (χ1v) is 4.94. The fourth-order valence-corrected chi connectivity index (χ4v) is 2.30. The highest BCUT2D eigenvalue weighted by atomic mass is 16.3. The predicted molar refractivity (Wildman–Crippen MR) is 48.0 cm³/mol. The van der Waals surface area contributed by atoms with Gasteiger partial charge in [0.15, 0.2) is 0 Å². The van der Waals surface area contributed by atoms with Crippen molar-refractivity contribution in [2.45, 2.75) is 24.8 Å². The summed E-state index contributed by atoms with van der Waals surface area (Å²) in [5.74, 6) is 0.809. The molecule has 2 aliphatic rings. The molecule has 0 bridgehead atoms. The van der Waals surface area contributed by atoms with Crippen LogP contribution < -0.4 is 10.6 Å². The fourth-order valence-electron chi connectivity index (χ4n) is 2.30. The van der Waals surface area contributed by atoms with E-state index in [1.807, 2.05) is 0 Å². The van der Waals surface area contributed by atoms with E-state index in [4.69, 9.17) is 5.11 Å². The highest BCUT2D eigenvalue weighted by molar-refractivity contribution is 5.08. The Kier molecular flexibility index (Phi) is 2.35. The number of hydrogen-bond acceptors (Lipinski definition) is 3. The molecule has 70 valence electrons. The third kappa shape index (κ3) is 1.49. The quantitative estimate of drug-likeness (QED) is 0.543. The van der Waals surface area contributed by atoms with E-state index in [-0.39, 0.29) is 6.61 Å². The van der Waals surface area contributed by atoms with Crippen molar-refractivity contribution in [1.29, 1.82) is 0 Å². The third-order valence-electron chi connectivity index (χ3n) is 3.22. The molecule has 1 saturated carbocycles. The Morgan fingerprint density at radius 1 is 1.50 bits per heavy atom. The molecule has 12 heavy (non-hydrogen) atoms. The van der Waals surface area contributed by atoms with Crippen LogP contribution >= 0.6 is 0 Å². The third-order valence-corrected chi connectivity index (χ3v) is 3.22. The van der Waals surface area contributed by atoms with Crippen LogP contribution in [0.1, 0.15) is 19.3 Å². The van der Waals surface area contributed by atoms with Crippen LogP contribution in [0.25, 0.3) is 0 Å². The van der Waals surface area contributed by atoms with Crippen LogP contribution in [0.15, 0.2) is 0 Å². The maximum atomic E-state index is 8.72. The number of nitrogens with one attached hydrogen (secondary N) is 2. The second-order valence-corrected chi connectivity index (χ2v) is 4.00. The molecule has 1 heterocycles. The Bertz CT molecular complexity index is 151. The zero-order valence-electron chi connectivity index (χ0n) is 7.47.